The molecule has 0 unspecified atom stereocenters. The number of carbonyl (C=O) groups is 1. The molecular formula is C24H45N5O4S. The average molecular weight is 500 g/mol. The highest BCUT2D eigenvalue weighted by Crippen LogP contribution is 2.34. The van der Waals surface area contributed by atoms with Crippen molar-refractivity contribution in [3.63, 3.8) is 0 Å². The van der Waals surface area contributed by atoms with Crippen LogP contribution in [0.25, 0.3) is 0 Å². The zero-order chi connectivity index (χ0) is 24.0. The Balaban J connectivity index is 1.24. The minimum Gasteiger partial charge on any atom is -0.379 e. The summed E-state index contributed by atoms with van der Waals surface area (Å²) in [4.78, 5) is 17.5. The summed E-state index contributed by atoms with van der Waals surface area (Å²) >= 11 is 0. The van der Waals surface area contributed by atoms with E-state index in [1.165, 1.54) is 25.7 Å². The Bertz CT molecular complexity index is 753. The van der Waals surface area contributed by atoms with Gasteiger partial charge in [0.25, 0.3) is 10.2 Å². The van der Waals surface area contributed by atoms with Gasteiger partial charge in [-0.05, 0) is 25.7 Å². The van der Waals surface area contributed by atoms with Gasteiger partial charge in [-0.15, -0.1) is 0 Å². The zero-order valence-electron chi connectivity index (χ0n) is 21.0. The van der Waals surface area contributed by atoms with Crippen LogP contribution in [0.5, 0.6) is 0 Å². The van der Waals surface area contributed by atoms with Gasteiger partial charge in [-0.3, -0.25) is 14.6 Å². The van der Waals surface area contributed by atoms with Crippen molar-refractivity contribution in [2.75, 3.05) is 72.6 Å². The van der Waals surface area contributed by atoms with Crippen LogP contribution in [0, 0.1) is 0 Å². The number of hydrogen-bond donors (Lipinski definition) is 1. The van der Waals surface area contributed by atoms with Gasteiger partial charge < -0.3 is 10.1 Å². The molecule has 34 heavy (non-hydrogen) atoms. The summed E-state index contributed by atoms with van der Waals surface area (Å²) in [7, 11) is -1.70. The minimum absolute atomic E-state index is 0.0499. The second kappa shape index (κ2) is 12.0. The molecule has 0 bridgehead atoms. The second-order valence-electron chi connectivity index (χ2n) is 10.7. The van der Waals surface area contributed by atoms with Crippen LogP contribution in [0.3, 0.4) is 0 Å². The first-order chi connectivity index (χ1) is 16.4. The summed E-state index contributed by atoms with van der Waals surface area (Å²) in [5.41, 5.74) is 0.0637. The fourth-order valence-electron chi connectivity index (χ4n) is 6.31. The highest BCUT2D eigenvalue weighted by atomic mass is 32.2. The number of nitrogens with one attached hydrogen (secondary N) is 1. The molecule has 4 aliphatic rings. The van der Waals surface area contributed by atoms with E-state index >= 15 is 0 Å². The van der Waals surface area contributed by atoms with Crippen molar-refractivity contribution in [1.29, 1.82) is 0 Å². The van der Waals surface area contributed by atoms with Crippen LogP contribution in [-0.4, -0.2) is 117 Å². The van der Waals surface area contributed by atoms with Crippen molar-refractivity contribution >= 4 is 16.1 Å². The third-order valence-corrected chi connectivity index (χ3v) is 10.6. The second-order valence-corrected chi connectivity index (χ2v) is 12.6. The average Bonchev–Trinajstić information content (AvgIpc) is 2.89. The molecule has 4 rings (SSSR count). The SMILES string of the molecule is CN(C1CCCCC1)S(=O)(=O)N1CCN(CC(=O)NCC2(N3CCOCC3)CCCCC2)CC1. The topological polar surface area (TPSA) is 85.4 Å². The molecule has 196 valence electrons. The summed E-state index contributed by atoms with van der Waals surface area (Å²) in [6.45, 7) is 6.58. The molecular weight excluding hydrogens is 454 g/mol. The molecule has 10 heteroatoms. The third-order valence-electron chi connectivity index (χ3n) is 8.56. The molecule has 1 amide bonds. The Labute approximate surface area is 206 Å². The van der Waals surface area contributed by atoms with E-state index in [-0.39, 0.29) is 17.5 Å². The van der Waals surface area contributed by atoms with E-state index < -0.39 is 10.2 Å². The summed E-state index contributed by atoms with van der Waals surface area (Å²) in [6, 6.07) is 0.126. The summed E-state index contributed by atoms with van der Waals surface area (Å²) in [5.74, 6) is 0.0499. The van der Waals surface area contributed by atoms with E-state index in [0.717, 1.165) is 64.8 Å². The number of piperazine rings is 1. The molecule has 1 N–H and O–H groups in total. The van der Waals surface area contributed by atoms with Gasteiger partial charge >= 0.3 is 0 Å². The van der Waals surface area contributed by atoms with Crippen LogP contribution in [0.2, 0.25) is 0 Å². The lowest BCUT2D eigenvalue weighted by Crippen LogP contribution is -2.60. The Kier molecular flexibility index (Phi) is 9.26. The Morgan fingerprint density at radius 3 is 2.21 bits per heavy atom. The molecule has 2 aliphatic carbocycles. The van der Waals surface area contributed by atoms with Gasteiger partial charge in [0.05, 0.1) is 19.8 Å². The molecule has 2 saturated heterocycles. The predicted octanol–water partition coefficient (Wildman–Crippen LogP) is 1.26. The monoisotopic (exact) mass is 499 g/mol. The highest BCUT2D eigenvalue weighted by Gasteiger charge is 2.39. The summed E-state index contributed by atoms with van der Waals surface area (Å²) < 4.78 is 35.0. The summed E-state index contributed by atoms with van der Waals surface area (Å²) in [5, 5.41) is 3.24. The number of amides is 1. The molecule has 0 atom stereocenters. The molecule has 4 fully saturated rings. The fourth-order valence-corrected chi connectivity index (χ4v) is 7.88. The maximum absolute atomic E-state index is 13.1. The van der Waals surface area contributed by atoms with Crippen LogP contribution < -0.4 is 5.32 Å². The Hall–Kier alpha value is -0.780. The van der Waals surface area contributed by atoms with E-state index in [4.69, 9.17) is 4.74 Å². The maximum atomic E-state index is 13.1. The molecule has 0 aromatic carbocycles. The zero-order valence-corrected chi connectivity index (χ0v) is 21.9. The number of morpholine rings is 1. The quantitative estimate of drug-likeness (QED) is 0.541. The van der Waals surface area contributed by atoms with Crippen molar-refractivity contribution in [2.24, 2.45) is 0 Å². The first-order valence-corrected chi connectivity index (χ1v) is 14.9. The van der Waals surface area contributed by atoms with Gasteiger partial charge in [0.2, 0.25) is 5.91 Å². The first kappa shape index (κ1) is 26.3. The van der Waals surface area contributed by atoms with Crippen molar-refractivity contribution in [1.82, 2.24) is 23.7 Å². The molecule has 9 nitrogen and oxygen atoms in total. The van der Waals surface area contributed by atoms with Crippen molar-refractivity contribution in [3.8, 4) is 0 Å². The van der Waals surface area contributed by atoms with E-state index in [0.29, 0.717) is 39.3 Å². The lowest BCUT2D eigenvalue weighted by molar-refractivity contribution is -0.123. The normalized spacial score (nSPS) is 26.5. The van der Waals surface area contributed by atoms with E-state index in [9.17, 15) is 13.2 Å². The van der Waals surface area contributed by atoms with Gasteiger partial charge in [-0.25, -0.2) is 0 Å². The number of carbonyl (C=O) groups excluding carboxylic acids is 1. The molecule has 0 spiro atoms. The minimum atomic E-state index is -3.44. The number of ether oxygens (including phenoxy) is 1. The predicted molar refractivity (Wildman–Crippen MR) is 133 cm³/mol. The lowest BCUT2D eigenvalue weighted by Gasteiger charge is -2.48. The summed E-state index contributed by atoms with van der Waals surface area (Å²) in [6.07, 6.45) is 11.3. The molecule has 0 radical (unpaired) electrons. The van der Waals surface area contributed by atoms with Crippen molar-refractivity contribution in [3.05, 3.63) is 0 Å². The van der Waals surface area contributed by atoms with Crippen LogP contribution in [-0.2, 0) is 19.7 Å². The van der Waals surface area contributed by atoms with E-state index in [1.54, 1.807) is 15.7 Å². The van der Waals surface area contributed by atoms with Gasteiger partial charge in [-0.1, -0.05) is 38.5 Å². The molecule has 0 aromatic rings. The van der Waals surface area contributed by atoms with Gasteiger partial charge in [-0.2, -0.15) is 17.0 Å². The molecule has 2 heterocycles. The number of rotatable bonds is 8. The van der Waals surface area contributed by atoms with Gasteiger partial charge in [0.1, 0.15) is 0 Å². The van der Waals surface area contributed by atoms with Crippen LogP contribution in [0.4, 0.5) is 0 Å². The highest BCUT2D eigenvalue weighted by molar-refractivity contribution is 7.86. The lowest BCUT2D eigenvalue weighted by atomic mass is 9.79. The first-order valence-electron chi connectivity index (χ1n) is 13.5. The smallest absolute Gasteiger partial charge is 0.282 e. The molecule has 2 saturated carbocycles. The third kappa shape index (κ3) is 6.31. The number of hydrogen-bond acceptors (Lipinski definition) is 6. The van der Waals surface area contributed by atoms with E-state index in [1.807, 2.05) is 0 Å². The van der Waals surface area contributed by atoms with Crippen LogP contribution in [0.1, 0.15) is 64.2 Å². The Morgan fingerprint density at radius 1 is 0.941 bits per heavy atom. The van der Waals surface area contributed by atoms with E-state index in [2.05, 4.69) is 15.1 Å². The van der Waals surface area contributed by atoms with Crippen molar-refractivity contribution < 1.29 is 17.9 Å². The molecule has 2 aliphatic heterocycles. The Morgan fingerprint density at radius 2 is 1.56 bits per heavy atom. The maximum Gasteiger partial charge on any atom is 0.282 e. The van der Waals surface area contributed by atoms with Gasteiger partial charge in [0.15, 0.2) is 0 Å². The molecule has 0 aromatic heterocycles. The standard InChI is InChI=1S/C24H45N5O4S/c1-26(22-8-4-2-5-9-22)34(31,32)29-14-12-27(13-15-29)20-23(30)25-21-24(10-6-3-7-11-24)28-16-18-33-19-17-28/h22H,2-21H2,1H3,(H,25,30). The van der Waals surface area contributed by atoms with Gasteiger partial charge in [0, 0.05) is 64.4 Å². The van der Waals surface area contributed by atoms with Crippen LogP contribution >= 0.6 is 0 Å². The van der Waals surface area contributed by atoms with Crippen molar-refractivity contribution in [2.45, 2.75) is 75.8 Å². The van der Waals surface area contributed by atoms with Crippen LogP contribution in [0.15, 0.2) is 0 Å². The number of nitrogens with zero attached hydrogens (tertiary/aromatic N) is 4. The largest absolute Gasteiger partial charge is 0.379 e. The fraction of sp³-hybridized carbons (Fsp3) is 0.958.